The average molecular weight is 396 g/mol. The number of hydrogen-bond donors (Lipinski definition) is 0. The lowest BCUT2D eigenvalue weighted by molar-refractivity contribution is -0.113. The molecule has 1 aliphatic rings. The van der Waals surface area contributed by atoms with Crippen molar-refractivity contribution in [1.82, 2.24) is 0 Å². The van der Waals surface area contributed by atoms with Gasteiger partial charge in [0.25, 0.3) is 0 Å². The minimum atomic E-state index is -0.517. The molecular formula is C27H25NO2. The predicted molar refractivity (Wildman–Crippen MR) is 121 cm³/mol. The lowest BCUT2D eigenvalue weighted by Gasteiger charge is -2.31. The zero-order valence-electron chi connectivity index (χ0n) is 17.5. The zero-order valence-corrected chi connectivity index (χ0v) is 17.5. The number of anilines is 1. The highest BCUT2D eigenvalue weighted by Gasteiger charge is 2.46. The second-order valence-corrected chi connectivity index (χ2v) is 7.82. The van der Waals surface area contributed by atoms with Gasteiger partial charge in [0.1, 0.15) is 6.04 Å². The van der Waals surface area contributed by atoms with Crippen molar-refractivity contribution in [2.24, 2.45) is 0 Å². The molecule has 3 nitrogen and oxygen atoms in total. The summed E-state index contributed by atoms with van der Waals surface area (Å²) in [7, 11) is 0. The first-order chi connectivity index (χ1) is 14.5. The summed E-state index contributed by atoms with van der Waals surface area (Å²) in [4.78, 5) is 28.6. The Labute approximate surface area is 177 Å². The molecule has 150 valence electrons. The topological polar surface area (TPSA) is 37.4 Å². The average Bonchev–Trinajstić information content (AvgIpc) is 3.08. The second kappa shape index (κ2) is 8.11. The van der Waals surface area contributed by atoms with Gasteiger partial charge in [-0.3, -0.25) is 9.59 Å². The van der Waals surface area contributed by atoms with Gasteiger partial charge in [-0.15, -0.1) is 0 Å². The lowest BCUT2D eigenvalue weighted by atomic mass is 9.82. The molecule has 0 aliphatic carbocycles. The van der Waals surface area contributed by atoms with Crippen molar-refractivity contribution in [3.63, 3.8) is 0 Å². The SMILES string of the molecule is CC(=O)C1=C(C)N(c2ccc(C)cc2)C(C(=O)c2ccccc2)C1c1ccccc1. The molecule has 0 radical (unpaired) electrons. The summed E-state index contributed by atoms with van der Waals surface area (Å²) >= 11 is 0. The van der Waals surface area contributed by atoms with Crippen LogP contribution in [0.2, 0.25) is 0 Å². The third-order valence-corrected chi connectivity index (χ3v) is 5.83. The van der Waals surface area contributed by atoms with Crippen LogP contribution in [0.1, 0.15) is 41.3 Å². The fraction of sp³-hybridized carbons (Fsp3) is 0.185. The summed E-state index contributed by atoms with van der Waals surface area (Å²) in [5, 5.41) is 0. The molecule has 2 atom stereocenters. The fourth-order valence-corrected chi connectivity index (χ4v) is 4.45. The molecule has 3 aromatic rings. The van der Waals surface area contributed by atoms with Crippen LogP contribution < -0.4 is 4.90 Å². The molecule has 0 bridgehead atoms. The number of allylic oxidation sites excluding steroid dienone is 1. The van der Waals surface area contributed by atoms with Gasteiger partial charge in [-0.25, -0.2) is 0 Å². The molecule has 3 heteroatoms. The third kappa shape index (κ3) is 3.48. The van der Waals surface area contributed by atoms with Crippen molar-refractivity contribution in [1.29, 1.82) is 0 Å². The molecule has 0 saturated heterocycles. The van der Waals surface area contributed by atoms with E-state index in [2.05, 4.69) is 0 Å². The minimum Gasteiger partial charge on any atom is -0.333 e. The van der Waals surface area contributed by atoms with Crippen molar-refractivity contribution >= 4 is 17.3 Å². The van der Waals surface area contributed by atoms with Gasteiger partial charge in [-0.05, 0) is 38.5 Å². The first kappa shape index (κ1) is 19.8. The van der Waals surface area contributed by atoms with E-state index in [9.17, 15) is 9.59 Å². The summed E-state index contributed by atoms with van der Waals surface area (Å²) in [5.74, 6) is -0.305. The third-order valence-electron chi connectivity index (χ3n) is 5.83. The van der Waals surface area contributed by atoms with Gasteiger partial charge in [0.2, 0.25) is 0 Å². The van der Waals surface area contributed by atoms with Crippen LogP contribution in [0.4, 0.5) is 5.69 Å². The molecule has 3 aromatic carbocycles. The van der Waals surface area contributed by atoms with Crippen LogP contribution in [0.25, 0.3) is 0 Å². The summed E-state index contributed by atoms with van der Waals surface area (Å²) in [6.45, 7) is 5.58. The van der Waals surface area contributed by atoms with E-state index in [0.29, 0.717) is 11.1 Å². The summed E-state index contributed by atoms with van der Waals surface area (Å²) in [6.07, 6.45) is 0. The van der Waals surface area contributed by atoms with Crippen LogP contribution in [-0.2, 0) is 4.79 Å². The largest absolute Gasteiger partial charge is 0.333 e. The second-order valence-electron chi connectivity index (χ2n) is 7.82. The number of nitrogens with zero attached hydrogens (tertiary/aromatic N) is 1. The summed E-state index contributed by atoms with van der Waals surface area (Å²) in [5.41, 5.74) is 5.25. The van der Waals surface area contributed by atoms with Crippen molar-refractivity contribution in [2.75, 3.05) is 4.90 Å². The zero-order chi connectivity index (χ0) is 21.3. The van der Waals surface area contributed by atoms with Crippen LogP contribution in [0.3, 0.4) is 0 Å². The number of aryl methyl sites for hydroxylation is 1. The molecule has 0 N–H and O–H groups in total. The van der Waals surface area contributed by atoms with Gasteiger partial charge in [0.05, 0.1) is 0 Å². The molecule has 1 aliphatic heterocycles. The highest BCUT2D eigenvalue weighted by molar-refractivity contribution is 6.08. The van der Waals surface area contributed by atoms with E-state index < -0.39 is 6.04 Å². The first-order valence-corrected chi connectivity index (χ1v) is 10.2. The molecule has 30 heavy (non-hydrogen) atoms. The molecule has 0 aromatic heterocycles. The molecule has 1 heterocycles. The molecule has 0 fully saturated rings. The van der Waals surface area contributed by atoms with Crippen LogP contribution in [0.15, 0.2) is 96.2 Å². The van der Waals surface area contributed by atoms with Crippen molar-refractivity contribution in [3.05, 3.63) is 113 Å². The van der Waals surface area contributed by atoms with E-state index in [1.807, 2.05) is 104 Å². The van der Waals surface area contributed by atoms with Crippen molar-refractivity contribution in [2.45, 2.75) is 32.7 Å². The van der Waals surface area contributed by atoms with Gasteiger partial charge in [-0.2, -0.15) is 0 Å². The lowest BCUT2D eigenvalue weighted by Crippen LogP contribution is -2.40. The first-order valence-electron chi connectivity index (χ1n) is 10.2. The van der Waals surface area contributed by atoms with Crippen LogP contribution in [-0.4, -0.2) is 17.6 Å². The maximum absolute atomic E-state index is 13.8. The number of ketones is 2. The highest BCUT2D eigenvalue weighted by Crippen LogP contribution is 2.45. The number of hydrogen-bond acceptors (Lipinski definition) is 3. The van der Waals surface area contributed by atoms with Gasteiger partial charge in [0.15, 0.2) is 11.6 Å². The Bertz CT molecular complexity index is 1100. The molecule has 0 amide bonds. The number of rotatable bonds is 5. The van der Waals surface area contributed by atoms with E-state index in [1.54, 1.807) is 6.92 Å². The normalized spacial score (nSPS) is 18.6. The Kier molecular flexibility index (Phi) is 5.37. The van der Waals surface area contributed by atoms with E-state index in [4.69, 9.17) is 0 Å². The molecule has 2 unspecified atom stereocenters. The number of benzene rings is 3. The van der Waals surface area contributed by atoms with E-state index in [1.165, 1.54) is 0 Å². The fourth-order valence-electron chi connectivity index (χ4n) is 4.45. The van der Waals surface area contributed by atoms with E-state index in [0.717, 1.165) is 22.5 Å². The van der Waals surface area contributed by atoms with Crippen LogP contribution in [0.5, 0.6) is 0 Å². The molecule has 4 rings (SSSR count). The van der Waals surface area contributed by atoms with Crippen molar-refractivity contribution < 1.29 is 9.59 Å². The van der Waals surface area contributed by atoms with Gasteiger partial charge in [-0.1, -0.05) is 78.4 Å². The quantitative estimate of drug-likeness (QED) is 0.519. The number of carbonyl (C=O) groups is 2. The number of Topliss-reactive ketones (excluding diaryl/α,β-unsaturated/α-hetero) is 2. The summed E-state index contributed by atoms with van der Waals surface area (Å²) < 4.78 is 0. The maximum atomic E-state index is 13.8. The summed E-state index contributed by atoms with van der Waals surface area (Å²) in [6, 6.07) is 26.8. The molecule has 0 spiro atoms. The van der Waals surface area contributed by atoms with Gasteiger partial charge in [0, 0.05) is 28.4 Å². The molecular weight excluding hydrogens is 370 g/mol. The van der Waals surface area contributed by atoms with E-state index >= 15 is 0 Å². The smallest absolute Gasteiger partial charge is 0.186 e. The standard InChI is InChI=1S/C27H25NO2/c1-18-14-16-23(17-15-18)28-19(2)24(20(3)29)25(21-10-6-4-7-11-21)26(28)27(30)22-12-8-5-9-13-22/h4-17,25-26H,1-3H3. The van der Waals surface area contributed by atoms with Crippen LogP contribution in [0, 0.1) is 6.92 Å². The monoisotopic (exact) mass is 395 g/mol. The van der Waals surface area contributed by atoms with Crippen molar-refractivity contribution in [3.8, 4) is 0 Å². The Morgan fingerprint density at radius 3 is 1.90 bits per heavy atom. The van der Waals surface area contributed by atoms with Gasteiger partial charge >= 0.3 is 0 Å². The predicted octanol–water partition coefficient (Wildman–Crippen LogP) is 5.71. The Balaban J connectivity index is 1.93. The maximum Gasteiger partial charge on any atom is 0.186 e. The highest BCUT2D eigenvalue weighted by atomic mass is 16.1. The minimum absolute atomic E-state index is 0.00169. The Morgan fingerprint density at radius 2 is 1.33 bits per heavy atom. The van der Waals surface area contributed by atoms with E-state index in [-0.39, 0.29) is 17.5 Å². The Hall–Kier alpha value is -3.46. The van der Waals surface area contributed by atoms with Gasteiger partial charge < -0.3 is 4.90 Å². The van der Waals surface area contributed by atoms with Crippen LogP contribution >= 0.6 is 0 Å². The molecule has 0 saturated carbocycles. The Morgan fingerprint density at radius 1 is 0.767 bits per heavy atom. The number of carbonyl (C=O) groups excluding carboxylic acids is 2.